The second-order valence-electron chi connectivity index (χ2n) is 10.9. The van der Waals surface area contributed by atoms with Gasteiger partial charge in [-0.05, 0) is 64.2 Å². The van der Waals surface area contributed by atoms with Gasteiger partial charge in [-0.1, -0.05) is 54.1 Å². The van der Waals surface area contributed by atoms with Crippen molar-refractivity contribution < 1.29 is 28.7 Å². The van der Waals surface area contributed by atoms with Crippen molar-refractivity contribution in [3.05, 3.63) is 70.8 Å². The van der Waals surface area contributed by atoms with Crippen LogP contribution in [0.3, 0.4) is 0 Å². The molecule has 2 N–H and O–H groups in total. The lowest BCUT2D eigenvalue weighted by Gasteiger charge is -2.35. The topological polar surface area (TPSA) is 114 Å². The van der Waals surface area contributed by atoms with Crippen LogP contribution in [0.5, 0.6) is 0 Å². The normalized spacial score (nSPS) is 14.5. The highest BCUT2D eigenvalue weighted by Crippen LogP contribution is 2.37. The number of rotatable bonds is 10. The summed E-state index contributed by atoms with van der Waals surface area (Å²) in [5.74, 6) is -1.49. The molecule has 1 fully saturated rings. The van der Waals surface area contributed by atoms with Gasteiger partial charge in [-0.15, -0.1) is 0 Å². The zero-order valence-corrected chi connectivity index (χ0v) is 23.6. The minimum Gasteiger partial charge on any atom is -0.468 e. The van der Waals surface area contributed by atoms with E-state index in [0.29, 0.717) is 5.56 Å². The smallest absolute Gasteiger partial charge is 0.408 e. The minimum atomic E-state index is -1.01. The van der Waals surface area contributed by atoms with E-state index in [0.717, 1.165) is 29.5 Å². The summed E-state index contributed by atoms with van der Waals surface area (Å²) in [4.78, 5) is 54.1. The third-order valence-electron chi connectivity index (χ3n) is 6.35. The molecule has 9 heteroatoms. The third-order valence-corrected chi connectivity index (χ3v) is 6.35. The van der Waals surface area contributed by atoms with Crippen molar-refractivity contribution in [2.75, 3.05) is 13.7 Å². The van der Waals surface area contributed by atoms with Gasteiger partial charge in [0.2, 0.25) is 11.8 Å². The molecule has 0 aromatic heterocycles. The van der Waals surface area contributed by atoms with E-state index in [2.05, 4.69) is 15.4 Å². The number of aryl methyl sites for hydroxylation is 2. The Morgan fingerprint density at radius 3 is 2.26 bits per heavy atom. The molecule has 3 rings (SSSR count). The Morgan fingerprint density at radius 2 is 1.69 bits per heavy atom. The number of nitrogens with zero attached hydrogens (tertiary/aromatic N) is 1. The Balaban J connectivity index is 2.02. The summed E-state index contributed by atoms with van der Waals surface area (Å²) in [7, 11) is 1.24. The van der Waals surface area contributed by atoms with Crippen molar-refractivity contribution in [2.24, 2.45) is 0 Å². The molecule has 1 aliphatic rings. The molecule has 2 atom stereocenters. The van der Waals surface area contributed by atoms with Gasteiger partial charge in [0.1, 0.15) is 24.2 Å². The van der Waals surface area contributed by atoms with Crippen molar-refractivity contribution >= 4 is 23.9 Å². The molecule has 2 unspecified atom stereocenters. The maximum Gasteiger partial charge on any atom is 0.408 e. The SMILES string of the molecule is COC(=O)CNC(=O)C(c1ccc(C)cc1C)N(C(=O)C(Cc1ccccc1)NC(=O)OC(C)(C)C)C1CC1. The van der Waals surface area contributed by atoms with Gasteiger partial charge in [-0.3, -0.25) is 14.4 Å². The Labute approximate surface area is 230 Å². The number of amides is 3. The molecule has 210 valence electrons. The minimum absolute atomic E-state index is 0.189. The number of hydrogen-bond acceptors (Lipinski definition) is 6. The van der Waals surface area contributed by atoms with E-state index in [1.807, 2.05) is 62.4 Å². The van der Waals surface area contributed by atoms with Crippen LogP contribution in [0.1, 0.15) is 61.9 Å². The van der Waals surface area contributed by atoms with E-state index >= 15 is 0 Å². The van der Waals surface area contributed by atoms with E-state index in [1.54, 1.807) is 25.7 Å². The van der Waals surface area contributed by atoms with Gasteiger partial charge in [-0.25, -0.2) is 4.79 Å². The van der Waals surface area contributed by atoms with Gasteiger partial charge in [0.25, 0.3) is 0 Å². The maximum atomic E-state index is 14.3. The Bertz CT molecular complexity index is 1190. The number of methoxy groups -OCH3 is 1. The standard InChI is InChI=1S/C30H39N3O6/c1-19-12-15-23(20(2)16-19)26(27(35)31-18-25(34)38-6)33(22-13-14-22)28(36)24(17-21-10-8-7-9-11-21)32-29(37)39-30(3,4)5/h7-12,15-16,22,24,26H,13-14,17-18H2,1-6H3,(H,31,35)(H,32,37). The van der Waals surface area contributed by atoms with Crippen LogP contribution in [0.4, 0.5) is 4.79 Å². The van der Waals surface area contributed by atoms with Crippen LogP contribution < -0.4 is 10.6 Å². The maximum absolute atomic E-state index is 14.3. The van der Waals surface area contributed by atoms with Gasteiger partial charge < -0.3 is 25.0 Å². The fourth-order valence-corrected chi connectivity index (χ4v) is 4.43. The summed E-state index contributed by atoms with van der Waals surface area (Å²) >= 11 is 0. The number of ether oxygens (including phenoxy) is 2. The average Bonchev–Trinajstić information content (AvgIpc) is 3.70. The second-order valence-corrected chi connectivity index (χ2v) is 10.9. The van der Waals surface area contributed by atoms with Crippen LogP contribution in [0.25, 0.3) is 0 Å². The number of esters is 1. The fraction of sp³-hybridized carbons (Fsp3) is 0.467. The fourth-order valence-electron chi connectivity index (χ4n) is 4.43. The molecule has 9 nitrogen and oxygen atoms in total. The first-order chi connectivity index (χ1) is 18.4. The highest BCUT2D eigenvalue weighted by molar-refractivity contribution is 5.94. The molecule has 0 aliphatic heterocycles. The first-order valence-electron chi connectivity index (χ1n) is 13.2. The van der Waals surface area contributed by atoms with Crippen LogP contribution in [0, 0.1) is 13.8 Å². The predicted octanol–water partition coefficient (Wildman–Crippen LogP) is 3.76. The molecule has 0 saturated heterocycles. The van der Waals surface area contributed by atoms with E-state index in [4.69, 9.17) is 4.74 Å². The summed E-state index contributed by atoms with van der Waals surface area (Å²) in [5.41, 5.74) is 2.60. The average molecular weight is 538 g/mol. The molecule has 1 saturated carbocycles. The van der Waals surface area contributed by atoms with E-state index in [-0.39, 0.29) is 19.0 Å². The summed E-state index contributed by atoms with van der Waals surface area (Å²) in [6, 6.07) is 12.9. The quantitative estimate of drug-likeness (QED) is 0.446. The third kappa shape index (κ3) is 8.56. The van der Waals surface area contributed by atoms with Crippen LogP contribution in [-0.2, 0) is 30.3 Å². The zero-order valence-electron chi connectivity index (χ0n) is 23.6. The monoisotopic (exact) mass is 537 g/mol. The van der Waals surface area contributed by atoms with E-state index in [1.165, 1.54) is 7.11 Å². The van der Waals surface area contributed by atoms with Crippen molar-refractivity contribution in [3.63, 3.8) is 0 Å². The first kappa shape index (κ1) is 29.7. The molecule has 39 heavy (non-hydrogen) atoms. The van der Waals surface area contributed by atoms with Gasteiger partial charge in [-0.2, -0.15) is 0 Å². The van der Waals surface area contributed by atoms with E-state index < -0.39 is 41.6 Å². The zero-order chi connectivity index (χ0) is 28.7. The van der Waals surface area contributed by atoms with Crippen LogP contribution in [0.2, 0.25) is 0 Å². The molecule has 2 aromatic carbocycles. The highest BCUT2D eigenvalue weighted by atomic mass is 16.6. The number of hydrogen-bond donors (Lipinski definition) is 2. The molecular formula is C30H39N3O6. The second kappa shape index (κ2) is 12.8. The Morgan fingerprint density at radius 1 is 1.03 bits per heavy atom. The predicted molar refractivity (Wildman–Crippen MR) is 147 cm³/mol. The van der Waals surface area contributed by atoms with Crippen molar-refractivity contribution in [1.29, 1.82) is 0 Å². The van der Waals surface area contributed by atoms with Crippen molar-refractivity contribution in [3.8, 4) is 0 Å². The van der Waals surface area contributed by atoms with Gasteiger partial charge >= 0.3 is 12.1 Å². The molecule has 0 radical (unpaired) electrons. The summed E-state index contributed by atoms with van der Waals surface area (Å²) < 4.78 is 10.1. The van der Waals surface area contributed by atoms with Crippen LogP contribution in [-0.4, -0.2) is 60.1 Å². The lowest BCUT2D eigenvalue weighted by Crippen LogP contribution is -2.54. The molecular weight excluding hydrogens is 498 g/mol. The number of alkyl carbamates (subject to hydrolysis) is 1. The Hall–Kier alpha value is -3.88. The number of carbonyl (C=O) groups is 4. The summed E-state index contributed by atoms with van der Waals surface area (Å²) in [6.07, 6.45) is 0.945. The van der Waals surface area contributed by atoms with Gasteiger partial charge in [0, 0.05) is 12.5 Å². The molecule has 0 heterocycles. The lowest BCUT2D eigenvalue weighted by molar-refractivity contribution is -0.145. The lowest BCUT2D eigenvalue weighted by atomic mass is 9.95. The molecule has 0 bridgehead atoms. The first-order valence-corrected chi connectivity index (χ1v) is 13.2. The number of nitrogens with one attached hydrogen (secondary N) is 2. The van der Waals surface area contributed by atoms with Gasteiger partial charge in [0.05, 0.1) is 7.11 Å². The molecule has 1 aliphatic carbocycles. The molecule has 2 aromatic rings. The van der Waals surface area contributed by atoms with E-state index in [9.17, 15) is 19.2 Å². The van der Waals surface area contributed by atoms with Crippen molar-refractivity contribution in [2.45, 2.75) is 77.6 Å². The number of carbonyl (C=O) groups excluding carboxylic acids is 4. The molecule has 3 amide bonds. The van der Waals surface area contributed by atoms with Crippen molar-refractivity contribution in [1.82, 2.24) is 15.5 Å². The highest BCUT2D eigenvalue weighted by Gasteiger charge is 2.44. The summed E-state index contributed by atoms with van der Waals surface area (Å²) in [5, 5.41) is 5.39. The van der Waals surface area contributed by atoms with Crippen LogP contribution in [0.15, 0.2) is 48.5 Å². The Kier molecular flexibility index (Phi) is 9.72. The largest absolute Gasteiger partial charge is 0.468 e. The molecule has 0 spiro atoms. The number of benzene rings is 2. The van der Waals surface area contributed by atoms with Gasteiger partial charge in [0.15, 0.2) is 0 Å². The summed E-state index contributed by atoms with van der Waals surface area (Å²) in [6.45, 7) is 8.76. The van der Waals surface area contributed by atoms with Crippen LogP contribution >= 0.6 is 0 Å².